The second-order valence-corrected chi connectivity index (χ2v) is 10.8. The number of esters is 1. The van der Waals surface area contributed by atoms with Crippen molar-refractivity contribution < 1.29 is 28.1 Å². The first kappa shape index (κ1) is 30.8. The molecule has 1 aliphatic heterocycles. The highest BCUT2D eigenvalue weighted by molar-refractivity contribution is 7.44. The number of Topliss-reactive ketones (excluding diaryl/α,β-unsaturated/α-hetero) is 1. The van der Waals surface area contributed by atoms with Crippen molar-refractivity contribution in [2.45, 2.75) is 97.7 Å². The molecule has 0 spiro atoms. The zero-order chi connectivity index (χ0) is 27.7. The first-order valence-corrected chi connectivity index (χ1v) is 13.4. The molecule has 0 amide bonds. The molecule has 206 valence electrons. The second-order valence-electron chi connectivity index (χ2n) is 9.42. The Labute approximate surface area is 217 Å². The molecule has 1 aromatic rings. The lowest BCUT2D eigenvalue weighted by Gasteiger charge is -2.37. The lowest BCUT2D eigenvalue weighted by atomic mass is 10.2. The summed E-state index contributed by atoms with van der Waals surface area (Å²) in [5.41, 5.74) is -0.772. The molecule has 13 heteroatoms. The fraction of sp³-hybridized carbons (Fsp3) is 0.708. The molecule has 1 N–H and O–H groups in total. The van der Waals surface area contributed by atoms with Crippen LogP contribution in [0.4, 0.5) is 0 Å². The number of carbonyl (C=O) groups excluding carboxylic acids is 2. The zero-order valence-corrected chi connectivity index (χ0v) is 23.2. The van der Waals surface area contributed by atoms with E-state index in [0.29, 0.717) is 5.56 Å². The first-order valence-electron chi connectivity index (χ1n) is 12.3. The summed E-state index contributed by atoms with van der Waals surface area (Å²) in [6, 6.07) is 2.19. The molecular weight excluding hydrogens is 503 g/mol. The highest BCUT2D eigenvalue weighted by Gasteiger charge is 2.42. The summed E-state index contributed by atoms with van der Waals surface area (Å²) in [4.78, 5) is 50.0. The van der Waals surface area contributed by atoms with Crippen LogP contribution in [0.5, 0.6) is 0 Å². The maximum absolute atomic E-state index is 12.5. The Morgan fingerprint density at radius 1 is 1.27 bits per heavy atom. The minimum atomic E-state index is -1.63. The molecule has 0 bridgehead atoms. The predicted octanol–water partition coefficient (Wildman–Crippen LogP) is 2.71. The number of aryl methyl sites for hydroxylation is 1. The van der Waals surface area contributed by atoms with E-state index >= 15 is 0 Å². The number of aromatic nitrogens is 2. The number of nitrogens with zero attached hydrogens (tertiary/aromatic N) is 3. The number of H-pyrrole nitrogens is 1. The molecule has 1 aromatic heterocycles. The lowest BCUT2D eigenvalue weighted by Crippen LogP contribution is -2.36. The van der Waals surface area contributed by atoms with Crippen LogP contribution in [0.1, 0.15) is 72.1 Å². The maximum atomic E-state index is 12.5. The summed E-state index contributed by atoms with van der Waals surface area (Å²) in [5.74, 6) is -0.664. The van der Waals surface area contributed by atoms with Crippen LogP contribution in [0, 0.1) is 18.3 Å². The van der Waals surface area contributed by atoms with Gasteiger partial charge in [0.15, 0.2) is 0 Å². The summed E-state index contributed by atoms with van der Waals surface area (Å²) in [6.07, 6.45) is -0.274. The van der Waals surface area contributed by atoms with Crippen molar-refractivity contribution in [1.29, 1.82) is 5.26 Å². The molecule has 1 aliphatic rings. The van der Waals surface area contributed by atoms with Crippen LogP contribution in [-0.4, -0.2) is 63.5 Å². The van der Waals surface area contributed by atoms with E-state index in [0.717, 1.165) is 0 Å². The Morgan fingerprint density at radius 2 is 1.95 bits per heavy atom. The number of hydrogen-bond acceptors (Lipinski definition) is 10. The van der Waals surface area contributed by atoms with E-state index < -0.39 is 44.2 Å². The fourth-order valence-corrected chi connectivity index (χ4v) is 5.63. The molecule has 1 fully saturated rings. The van der Waals surface area contributed by atoms with Gasteiger partial charge in [-0.2, -0.15) is 5.26 Å². The second kappa shape index (κ2) is 14.5. The highest BCUT2D eigenvalue weighted by atomic mass is 31.2. The van der Waals surface area contributed by atoms with Gasteiger partial charge in [0.25, 0.3) is 14.1 Å². The molecule has 0 saturated carbocycles. The van der Waals surface area contributed by atoms with Gasteiger partial charge < -0.3 is 23.3 Å². The van der Waals surface area contributed by atoms with Gasteiger partial charge in [0.2, 0.25) is 0 Å². The predicted molar refractivity (Wildman–Crippen MR) is 136 cm³/mol. The van der Waals surface area contributed by atoms with Gasteiger partial charge in [-0.05, 0) is 41.5 Å². The van der Waals surface area contributed by atoms with Crippen molar-refractivity contribution >= 4 is 20.3 Å². The standard InChI is InChI=1S/C24H37N4O8P/c1-15(2)28(16(3)4)37(34-11-7-10-25)36-19-12-21(27-13-17(5)23(31)26-24(27)32)35-20(19)14-33-22(30)9-8-18(6)29/h13,15-16,19-21H,7-9,11-12,14H2,1-6H3,(H,26,31,32)/t19?,20-,21-,37?/m1/s1. The Morgan fingerprint density at radius 3 is 2.54 bits per heavy atom. The minimum Gasteiger partial charge on any atom is -0.463 e. The van der Waals surface area contributed by atoms with Crippen LogP contribution in [0.25, 0.3) is 0 Å². The third-order valence-corrected chi connectivity index (χ3v) is 7.77. The lowest BCUT2D eigenvalue weighted by molar-refractivity contribution is -0.150. The fourth-order valence-electron chi connectivity index (χ4n) is 3.87. The van der Waals surface area contributed by atoms with E-state index in [2.05, 4.69) is 15.7 Å². The van der Waals surface area contributed by atoms with Crippen LogP contribution >= 0.6 is 8.53 Å². The van der Waals surface area contributed by atoms with Crippen molar-refractivity contribution in [1.82, 2.24) is 14.2 Å². The molecule has 1 saturated heterocycles. The Hall–Kier alpha value is -2.42. The number of nitrogens with one attached hydrogen (secondary N) is 1. The number of aromatic amines is 1. The molecule has 37 heavy (non-hydrogen) atoms. The molecule has 2 rings (SSSR count). The summed E-state index contributed by atoms with van der Waals surface area (Å²) in [6.45, 7) is 11.0. The molecule has 4 atom stereocenters. The Balaban J connectivity index is 2.30. The Bertz CT molecular complexity index is 1070. The Kier molecular flexibility index (Phi) is 12.1. The molecule has 2 unspecified atom stereocenters. The monoisotopic (exact) mass is 540 g/mol. The van der Waals surface area contributed by atoms with Crippen LogP contribution in [-0.2, 0) is 28.1 Å². The van der Waals surface area contributed by atoms with Crippen LogP contribution in [0.15, 0.2) is 15.8 Å². The quantitative estimate of drug-likeness (QED) is 0.212. The van der Waals surface area contributed by atoms with E-state index in [1.807, 2.05) is 27.7 Å². The van der Waals surface area contributed by atoms with Crippen molar-refractivity contribution in [3.05, 3.63) is 32.6 Å². The van der Waals surface area contributed by atoms with Gasteiger partial charge in [-0.1, -0.05) is 0 Å². The van der Waals surface area contributed by atoms with Crippen molar-refractivity contribution in [3.63, 3.8) is 0 Å². The van der Waals surface area contributed by atoms with E-state index in [1.54, 1.807) is 6.92 Å². The minimum absolute atomic E-state index is 0.0476. The van der Waals surface area contributed by atoms with E-state index in [1.165, 1.54) is 17.7 Å². The van der Waals surface area contributed by atoms with Crippen LogP contribution < -0.4 is 11.2 Å². The third-order valence-electron chi connectivity index (χ3n) is 5.61. The molecule has 0 aromatic carbocycles. The average Bonchev–Trinajstić information content (AvgIpc) is 3.20. The van der Waals surface area contributed by atoms with Crippen LogP contribution in [0.3, 0.4) is 0 Å². The topological polar surface area (TPSA) is 153 Å². The van der Waals surface area contributed by atoms with Crippen molar-refractivity contribution in [2.75, 3.05) is 13.2 Å². The molecule has 0 radical (unpaired) electrons. The zero-order valence-electron chi connectivity index (χ0n) is 22.3. The number of carbonyl (C=O) groups is 2. The normalized spacial score (nSPS) is 20.4. The number of rotatable bonds is 14. The molecule has 0 aliphatic carbocycles. The summed E-state index contributed by atoms with van der Waals surface area (Å²) < 4.78 is 27.2. The molecule has 2 heterocycles. The van der Waals surface area contributed by atoms with E-state index in [4.69, 9.17) is 23.8 Å². The van der Waals surface area contributed by atoms with Crippen molar-refractivity contribution in [3.8, 4) is 6.07 Å². The van der Waals surface area contributed by atoms with Gasteiger partial charge in [0.1, 0.15) is 24.7 Å². The van der Waals surface area contributed by atoms with Crippen LogP contribution in [0.2, 0.25) is 0 Å². The summed E-state index contributed by atoms with van der Waals surface area (Å²) in [5, 5.41) is 8.97. The first-order chi connectivity index (χ1) is 17.4. The SMILES string of the molecule is CC(=O)CCC(=O)OC[C@H]1O[C@@H](n2cc(C)c(=O)[nH]c2=O)CC1OP(OCCC#N)N(C(C)C)C(C)C. The number of ketones is 1. The molecular formula is C24H37N4O8P. The van der Waals surface area contributed by atoms with Gasteiger partial charge in [-0.15, -0.1) is 0 Å². The summed E-state index contributed by atoms with van der Waals surface area (Å²) in [7, 11) is -1.63. The number of hydrogen-bond donors (Lipinski definition) is 1. The maximum Gasteiger partial charge on any atom is 0.330 e. The van der Waals surface area contributed by atoms with Gasteiger partial charge >= 0.3 is 11.7 Å². The smallest absolute Gasteiger partial charge is 0.330 e. The number of ether oxygens (including phenoxy) is 2. The number of nitriles is 1. The van der Waals surface area contributed by atoms with Crippen molar-refractivity contribution in [2.24, 2.45) is 0 Å². The van der Waals surface area contributed by atoms with Gasteiger partial charge in [-0.3, -0.25) is 19.1 Å². The molecule has 12 nitrogen and oxygen atoms in total. The highest BCUT2D eigenvalue weighted by Crippen LogP contribution is 2.49. The van der Waals surface area contributed by atoms with E-state index in [9.17, 15) is 19.2 Å². The largest absolute Gasteiger partial charge is 0.463 e. The third kappa shape index (κ3) is 9.13. The van der Waals surface area contributed by atoms with Gasteiger partial charge in [0, 0.05) is 36.7 Å². The summed E-state index contributed by atoms with van der Waals surface area (Å²) >= 11 is 0. The van der Waals surface area contributed by atoms with Gasteiger partial charge in [-0.25, -0.2) is 9.46 Å². The average molecular weight is 541 g/mol. The van der Waals surface area contributed by atoms with E-state index in [-0.39, 0.29) is 56.8 Å². The van der Waals surface area contributed by atoms with Gasteiger partial charge in [0.05, 0.1) is 31.6 Å².